The first kappa shape index (κ1) is 8.20. The van der Waals surface area contributed by atoms with Gasteiger partial charge >= 0.3 is 0 Å². The lowest BCUT2D eigenvalue weighted by molar-refractivity contribution is 0.102. The fourth-order valence-electron chi connectivity index (χ4n) is 0.653. The van der Waals surface area contributed by atoms with Crippen molar-refractivity contribution in [3.05, 3.63) is 17.4 Å². The quantitative estimate of drug-likeness (QED) is 0.791. The Labute approximate surface area is 81.0 Å². The minimum atomic E-state index is -0.314. The maximum Gasteiger partial charge on any atom is 0.278 e. The lowest BCUT2D eigenvalue weighted by Gasteiger charge is -1.94. The van der Waals surface area contributed by atoms with Gasteiger partial charge in [-0.3, -0.25) is 10.1 Å². The molecule has 2 rings (SSSR count). The second-order valence-electron chi connectivity index (χ2n) is 1.99. The zero-order valence-corrected chi connectivity index (χ0v) is 7.80. The average Bonchev–Trinajstić information content (AvgIpc) is 2.74. The molecule has 2 aromatic heterocycles. The molecule has 8 heteroatoms. The van der Waals surface area contributed by atoms with Crippen LogP contribution in [-0.2, 0) is 0 Å². The molecule has 6 nitrogen and oxygen atoms in total. The van der Waals surface area contributed by atoms with Crippen molar-refractivity contribution >= 4 is 34.1 Å². The van der Waals surface area contributed by atoms with Crippen LogP contribution in [0.15, 0.2) is 11.7 Å². The van der Waals surface area contributed by atoms with Crippen LogP contribution >= 0.6 is 23.1 Å². The second kappa shape index (κ2) is 3.54. The number of nitrogens with zero attached hydrogens (tertiary/aromatic N) is 4. The van der Waals surface area contributed by atoms with Crippen LogP contribution in [0.2, 0.25) is 0 Å². The van der Waals surface area contributed by atoms with E-state index in [0.29, 0.717) is 10.8 Å². The van der Waals surface area contributed by atoms with Gasteiger partial charge in [-0.1, -0.05) is 11.3 Å². The van der Waals surface area contributed by atoms with Gasteiger partial charge in [-0.15, -0.1) is 10.2 Å². The number of hydrogen-bond donors (Lipinski definition) is 1. The van der Waals surface area contributed by atoms with Crippen molar-refractivity contribution in [3.63, 3.8) is 0 Å². The molecule has 0 saturated carbocycles. The van der Waals surface area contributed by atoms with Gasteiger partial charge in [0.2, 0.25) is 5.13 Å². The molecule has 0 atom stereocenters. The van der Waals surface area contributed by atoms with E-state index in [9.17, 15) is 4.79 Å². The van der Waals surface area contributed by atoms with Gasteiger partial charge in [0.1, 0.15) is 5.51 Å². The summed E-state index contributed by atoms with van der Waals surface area (Å²) >= 11 is 2.24. The molecule has 0 aliphatic heterocycles. The highest BCUT2D eigenvalue weighted by Crippen LogP contribution is 2.09. The van der Waals surface area contributed by atoms with E-state index in [1.165, 1.54) is 23.0 Å². The van der Waals surface area contributed by atoms with Gasteiger partial charge in [-0.05, 0) is 0 Å². The Morgan fingerprint density at radius 2 is 2.46 bits per heavy atom. The molecule has 13 heavy (non-hydrogen) atoms. The minimum Gasteiger partial charge on any atom is -0.295 e. The molecule has 0 aromatic carbocycles. The summed E-state index contributed by atoms with van der Waals surface area (Å²) in [5.74, 6) is -0.314. The summed E-state index contributed by atoms with van der Waals surface area (Å²) in [5, 5.41) is 10.2. The molecule has 0 fully saturated rings. The first-order valence-corrected chi connectivity index (χ1v) is 4.82. The Hall–Kier alpha value is -1.41. The van der Waals surface area contributed by atoms with E-state index in [2.05, 4.69) is 24.3 Å². The summed E-state index contributed by atoms with van der Waals surface area (Å²) in [6.07, 6.45) is 1.40. The highest BCUT2D eigenvalue weighted by atomic mass is 32.1. The zero-order valence-electron chi connectivity index (χ0n) is 6.17. The van der Waals surface area contributed by atoms with Crippen molar-refractivity contribution in [2.45, 2.75) is 0 Å². The molecule has 0 unspecified atom stereocenters. The number of aromatic nitrogens is 4. The number of hydrogen-bond acceptors (Lipinski definition) is 7. The molecule has 0 saturated heterocycles. The normalized spacial score (nSPS) is 9.85. The maximum atomic E-state index is 11.3. The number of amides is 1. The molecular formula is C5H3N5OS2. The summed E-state index contributed by atoms with van der Waals surface area (Å²) in [6.45, 7) is 0. The molecule has 0 radical (unpaired) electrons. The summed E-state index contributed by atoms with van der Waals surface area (Å²) in [7, 11) is 0. The van der Waals surface area contributed by atoms with Crippen molar-refractivity contribution < 1.29 is 4.79 Å². The number of carbonyl (C=O) groups is 1. The third kappa shape index (κ3) is 1.84. The van der Waals surface area contributed by atoms with Gasteiger partial charge < -0.3 is 0 Å². The van der Waals surface area contributed by atoms with Crippen LogP contribution in [0.4, 0.5) is 5.13 Å². The smallest absolute Gasteiger partial charge is 0.278 e. The third-order valence-corrected chi connectivity index (χ3v) is 2.26. The van der Waals surface area contributed by atoms with Gasteiger partial charge in [0.15, 0.2) is 5.69 Å². The Balaban J connectivity index is 2.08. The lowest BCUT2D eigenvalue weighted by atomic mass is 10.4. The van der Waals surface area contributed by atoms with E-state index in [1.807, 2.05) is 0 Å². The summed E-state index contributed by atoms with van der Waals surface area (Å²) in [5.41, 5.74) is 1.83. The van der Waals surface area contributed by atoms with Gasteiger partial charge in [-0.25, -0.2) is 0 Å². The SMILES string of the molecule is O=C(Nc1nncs1)c1cnsn1. The third-order valence-electron chi connectivity index (χ3n) is 1.17. The van der Waals surface area contributed by atoms with Gasteiger partial charge in [0.25, 0.3) is 5.91 Å². The highest BCUT2D eigenvalue weighted by molar-refractivity contribution is 7.13. The van der Waals surface area contributed by atoms with Gasteiger partial charge in [-0.2, -0.15) is 8.75 Å². The fourth-order valence-corrected chi connectivity index (χ4v) is 1.51. The molecule has 2 heterocycles. The Bertz CT molecular complexity index is 383. The van der Waals surface area contributed by atoms with E-state index >= 15 is 0 Å². The Kier molecular flexibility index (Phi) is 2.23. The molecule has 0 aliphatic rings. The van der Waals surface area contributed by atoms with E-state index in [4.69, 9.17) is 0 Å². The molecule has 1 N–H and O–H groups in total. The van der Waals surface area contributed by atoms with Crippen molar-refractivity contribution in [2.75, 3.05) is 5.32 Å². The van der Waals surface area contributed by atoms with Crippen molar-refractivity contribution in [3.8, 4) is 0 Å². The molecule has 1 amide bonds. The number of carbonyl (C=O) groups excluding carboxylic acids is 1. The van der Waals surface area contributed by atoms with Crippen LogP contribution in [0, 0.1) is 0 Å². The van der Waals surface area contributed by atoms with Gasteiger partial charge in [0, 0.05) is 0 Å². The van der Waals surface area contributed by atoms with E-state index < -0.39 is 0 Å². The minimum absolute atomic E-state index is 0.292. The first-order chi connectivity index (χ1) is 6.36. The molecule has 0 bridgehead atoms. The standard InChI is InChI=1S/C5H3N5OS2/c11-4(3-1-7-13-10-3)8-5-9-6-2-12-5/h1-2H,(H,8,9,11). The summed E-state index contributed by atoms with van der Waals surface area (Å²) in [4.78, 5) is 11.3. The van der Waals surface area contributed by atoms with Crippen LogP contribution in [0.1, 0.15) is 10.5 Å². The summed E-state index contributed by atoms with van der Waals surface area (Å²) in [6, 6.07) is 0. The van der Waals surface area contributed by atoms with Crippen molar-refractivity contribution in [1.29, 1.82) is 0 Å². The largest absolute Gasteiger partial charge is 0.295 e. The van der Waals surface area contributed by atoms with E-state index in [-0.39, 0.29) is 5.91 Å². The van der Waals surface area contributed by atoms with Crippen LogP contribution in [0.25, 0.3) is 0 Å². The maximum absolute atomic E-state index is 11.3. The van der Waals surface area contributed by atoms with Crippen molar-refractivity contribution in [2.24, 2.45) is 0 Å². The topological polar surface area (TPSA) is 80.7 Å². The van der Waals surface area contributed by atoms with Crippen LogP contribution in [0.5, 0.6) is 0 Å². The van der Waals surface area contributed by atoms with Crippen LogP contribution in [-0.4, -0.2) is 24.9 Å². The predicted octanol–water partition coefficient (Wildman–Crippen LogP) is 0.642. The van der Waals surface area contributed by atoms with Crippen LogP contribution in [0.3, 0.4) is 0 Å². The average molecular weight is 213 g/mol. The van der Waals surface area contributed by atoms with Crippen molar-refractivity contribution in [1.82, 2.24) is 18.9 Å². The summed E-state index contributed by atoms with van der Waals surface area (Å²) < 4.78 is 7.48. The Morgan fingerprint density at radius 1 is 1.54 bits per heavy atom. The second-order valence-corrected chi connectivity index (χ2v) is 3.38. The van der Waals surface area contributed by atoms with E-state index in [1.54, 1.807) is 0 Å². The molecular weight excluding hydrogens is 210 g/mol. The number of anilines is 1. The Morgan fingerprint density at radius 3 is 3.08 bits per heavy atom. The van der Waals surface area contributed by atoms with Crippen LogP contribution < -0.4 is 5.32 Å². The zero-order chi connectivity index (χ0) is 9.10. The van der Waals surface area contributed by atoms with E-state index in [0.717, 1.165) is 11.7 Å². The molecule has 0 spiro atoms. The highest BCUT2D eigenvalue weighted by Gasteiger charge is 2.09. The van der Waals surface area contributed by atoms with Gasteiger partial charge in [0.05, 0.1) is 17.9 Å². The monoisotopic (exact) mass is 213 g/mol. The molecule has 66 valence electrons. The first-order valence-electron chi connectivity index (χ1n) is 3.21. The predicted molar refractivity (Wildman–Crippen MR) is 47.8 cm³/mol. The number of rotatable bonds is 2. The lowest BCUT2D eigenvalue weighted by Crippen LogP contribution is -2.11. The molecule has 2 aromatic rings. The fraction of sp³-hybridized carbons (Fsp3) is 0. The molecule has 0 aliphatic carbocycles. The number of nitrogens with one attached hydrogen (secondary N) is 1.